The van der Waals surface area contributed by atoms with Crippen LogP contribution in [0.5, 0.6) is 0 Å². The molecule has 0 atom stereocenters. The molecule has 0 aliphatic carbocycles. The van der Waals surface area contributed by atoms with E-state index >= 15 is 0 Å². The van der Waals surface area contributed by atoms with Crippen LogP contribution in [0.4, 0.5) is 28.7 Å². The van der Waals surface area contributed by atoms with Gasteiger partial charge in [0.05, 0.1) is 0 Å². The number of nitrogens with one attached hydrogen (secondary N) is 3. The quantitative estimate of drug-likeness (QED) is 0.293. The number of hydrogen-bond acceptors (Lipinski definition) is 7. The van der Waals surface area contributed by atoms with E-state index in [-0.39, 0.29) is 0 Å². The SMILES string of the molecule is CNSc1cccc(Nc2cc(Nc3cccc(-c4ccc(N(C)C)cc4)c3)ncn2)c1. The monoisotopic (exact) mass is 442 g/mol. The molecule has 4 aromatic rings. The van der Waals surface area contributed by atoms with E-state index in [1.165, 1.54) is 11.3 Å². The second-order valence-electron chi connectivity index (χ2n) is 7.39. The van der Waals surface area contributed by atoms with Gasteiger partial charge in [-0.2, -0.15) is 0 Å². The summed E-state index contributed by atoms with van der Waals surface area (Å²) >= 11 is 1.57. The van der Waals surface area contributed by atoms with Crippen LogP contribution >= 0.6 is 11.9 Å². The second-order valence-corrected chi connectivity index (χ2v) is 8.48. The molecule has 32 heavy (non-hydrogen) atoms. The standard InChI is InChI=1S/C25H26N6S/c1-26-32-23-9-5-8-21(15-23)30-25-16-24(27-17-28-25)29-20-7-4-6-19(14-20)18-10-12-22(13-11-18)31(2)3/h4-17,26H,1-3H3,(H2,27,28,29,30). The van der Waals surface area contributed by atoms with Crippen molar-refractivity contribution in [2.45, 2.75) is 4.90 Å². The maximum Gasteiger partial charge on any atom is 0.135 e. The molecular formula is C25H26N6S. The molecule has 0 amide bonds. The third-order valence-electron chi connectivity index (χ3n) is 4.85. The highest BCUT2D eigenvalue weighted by Crippen LogP contribution is 2.27. The van der Waals surface area contributed by atoms with Crippen LogP contribution in [-0.2, 0) is 0 Å². The van der Waals surface area contributed by atoms with Gasteiger partial charge in [-0.15, -0.1) is 0 Å². The molecule has 6 nitrogen and oxygen atoms in total. The lowest BCUT2D eigenvalue weighted by molar-refractivity contribution is 1.13. The van der Waals surface area contributed by atoms with E-state index in [9.17, 15) is 0 Å². The van der Waals surface area contributed by atoms with Crippen LogP contribution < -0.4 is 20.3 Å². The molecule has 0 saturated heterocycles. The summed E-state index contributed by atoms with van der Waals surface area (Å²) in [6.45, 7) is 0. The Kier molecular flexibility index (Phi) is 6.89. The third-order valence-corrected chi connectivity index (χ3v) is 5.54. The number of rotatable bonds is 8. The number of aromatic nitrogens is 2. The van der Waals surface area contributed by atoms with Crippen molar-refractivity contribution in [2.24, 2.45) is 0 Å². The summed E-state index contributed by atoms with van der Waals surface area (Å²) in [6, 6.07) is 26.9. The van der Waals surface area contributed by atoms with E-state index in [1.54, 1.807) is 18.3 Å². The average Bonchev–Trinajstić information content (AvgIpc) is 2.80. The Hall–Kier alpha value is -3.55. The van der Waals surface area contributed by atoms with Gasteiger partial charge in [0.25, 0.3) is 0 Å². The van der Waals surface area contributed by atoms with E-state index < -0.39 is 0 Å². The fourth-order valence-electron chi connectivity index (χ4n) is 3.27. The van der Waals surface area contributed by atoms with Gasteiger partial charge in [0.1, 0.15) is 18.0 Å². The minimum absolute atomic E-state index is 0.725. The van der Waals surface area contributed by atoms with E-state index in [0.717, 1.165) is 33.5 Å². The molecule has 162 valence electrons. The fourth-order valence-corrected chi connectivity index (χ4v) is 3.84. The summed E-state index contributed by atoms with van der Waals surface area (Å²) in [4.78, 5) is 11.9. The molecule has 0 radical (unpaired) electrons. The van der Waals surface area contributed by atoms with Crippen LogP contribution in [-0.4, -0.2) is 31.1 Å². The Bertz CT molecular complexity index is 1180. The first-order valence-electron chi connectivity index (χ1n) is 10.3. The van der Waals surface area contributed by atoms with Crippen LogP contribution in [0.1, 0.15) is 0 Å². The summed E-state index contributed by atoms with van der Waals surface area (Å²) in [6.07, 6.45) is 1.56. The molecule has 1 heterocycles. The van der Waals surface area contributed by atoms with Gasteiger partial charge in [-0.25, -0.2) is 9.97 Å². The summed E-state index contributed by atoms with van der Waals surface area (Å²) < 4.78 is 3.09. The van der Waals surface area contributed by atoms with Crippen molar-refractivity contribution in [2.75, 3.05) is 36.7 Å². The lowest BCUT2D eigenvalue weighted by Crippen LogP contribution is -2.07. The van der Waals surface area contributed by atoms with Gasteiger partial charge in [-0.1, -0.05) is 30.3 Å². The van der Waals surface area contributed by atoms with Crippen molar-refractivity contribution in [1.82, 2.24) is 14.7 Å². The molecule has 4 rings (SSSR count). The van der Waals surface area contributed by atoms with Crippen molar-refractivity contribution in [3.63, 3.8) is 0 Å². The maximum absolute atomic E-state index is 4.37. The molecule has 3 N–H and O–H groups in total. The van der Waals surface area contributed by atoms with Gasteiger partial charge >= 0.3 is 0 Å². The molecule has 3 aromatic carbocycles. The van der Waals surface area contributed by atoms with Crippen molar-refractivity contribution in [1.29, 1.82) is 0 Å². The summed E-state index contributed by atoms with van der Waals surface area (Å²) in [5.74, 6) is 1.45. The van der Waals surface area contributed by atoms with Gasteiger partial charge < -0.3 is 15.5 Å². The molecular weight excluding hydrogens is 416 g/mol. The third kappa shape index (κ3) is 5.57. The average molecular weight is 443 g/mol. The van der Waals surface area contributed by atoms with Crippen molar-refractivity contribution < 1.29 is 0 Å². The van der Waals surface area contributed by atoms with Crippen LogP contribution in [0.3, 0.4) is 0 Å². The minimum atomic E-state index is 0.725. The van der Waals surface area contributed by atoms with Crippen molar-refractivity contribution in [3.05, 3.63) is 85.2 Å². The van der Waals surface area contributed by atoms with E-state index in [0.29, 0.717) is 0 Å². The Labute approximate surface area is 193 Å². The number of hydrogen-bond donors (Lipinski definition) is 3. The van der Waals surface area contributed by atoms with Crippen LogP contribution in [0.15, 0.2) is 90.1 Å². The smallest absolute Gasteiger partial charge is 0.135 e. The zero-order valence-corrected chi connectivity index (χ0v) is 19.1. The second kappa shape index (κ2) is 10.2. The predicted molar refractivity (Wildman–Crippen MR) is 136 cm³/mol. The zero-order valence-electron chi connectivity index (χ0n) is 18.3. The molecule has 0 bridgehead atoms. The first-order valence-corrected chi connectivity index (χ1v) is 11.1. The van der Waals surface area contributed by atoms with Crippen molar-refractivity contribution >= 4 is 40.6 Å². The first kappa shape index (κ1) is 21.7. The number of nitrogens with zero attached hydrogens (tertiary/aromatic N) is 3. The Morgan fingerprint density at radius 2 is 1.38 bits per heavy atom. The Morgan fingerprint density at radius 3 is 2.03 bits per heavy atom. The maximum atomic E-state index is 4.37. The van der Waals surface area contributed by atoms with E-state index in [2.05, 4.69) is 78.8 Å². The summed E-state index contributed by atoms with van der Waals surface area (Å²) in [5, 5.41) is 6.73. The molecule has 7 heteroatoms. The molecule has 0 aliphatic heterocycles. The molecule has 0 saturated carbocycles. The number of anilines is 5. The summed E-state index contributed by atoms with van der Waals surface area (Å²) in [7, 11) is 5.99. The highest BCUT2D eigenvalue weighted by molar-refractivity contribution is 7.97. The Morgan fingerprint density at radius 1 is 0.719 bits per heavy atom. The van der Waals surface area contributed by atoms with Gasteiger partial charge in [0, 0.05) is 42.1 Å². The largest absolute Gasteiger partial charge is 0.378 e. The van der Waals surface area contributed by atoms with Gasteiger partial charge in [-0.3, -0.25) is 4.72 Å². The first-order chi connectivity index (χ1) is 15.6. The molecule has 0 fully saturated rings. The lowest BCUT2D eigenvalue weighted by Gasteiger charge is -2.13. The highest BCUT2D eigenvalue weighted by Gasteiger charge is 2.04. The van der Waals surface area contributed by atoms with Gasteiger partial charge in [0.2, 0.25) is 0 Å². The zero-order chi connectivity index (χ0) is 22.3. The highest BCUT2D eigenvalue weighted by atomic mass is 32.2. The van der Waals surface area contributed by atoms with Gasteiger partial charge in [-0.05, 0) is 72.6 Å². The molecule has 0 spiro atoms. The molecule has 0 unspecified atom stereocenters. The summed E-state index contributed by atoms with van der Waals surface area (Å²) in [5.41, 5.74) is 5.43. The number of benzene rings is 3. The van der Waals surface area contributed by atoms with E-state index in [4.69, 9.17) is 0 Å². The predicted octanol–water partition coefficient (Wildman–Crippen LogP) is 5.92. The van der Waals surface area contributed by atoms with Crippen LogP contribution in [0, 0.1) is 0 Å². The van der Waals surface area contributed by atoms with Crippen LogP contribution in [0.2, 0.25) is 0 Å². The topological polar surface area (TPSA) is 65.1 Å². The van der Waals surface area contributed by atoms with E-state index in [1.807, 2.05) is 51.5 Å². The van der Waals surface area contributed by atoms with Crippen molar-refractivity contribution in [3.8, 4) is 11.1 Å². The molecule has 0 aliphatic rings. The normalized spacial score (nSPS) is 10.6. The minimum Gasteiger partial charge on any atom is -0.378 e. The molecule has 1 aromatic heterocycles. The fraction of sp³-hybridized carbons (Fsp3) is 0.120. The Balaban J connectivity index is 1.49. The lowest BCUT2D eigenvalue weighted by atomic mass is 10.0. The van der Waals surface area contributed by atoms with Crippen LogP contribution in [0.25, 0.3) is 11.1 Å². The van der Waals surface area contributed by atoms with Gasteiger partial charge in [0.15, 0.2) is 0 Å².